The normalized spacial score (nSPS) is 15.1. The zero-order valence-electron chi connectivity index (χ0n) is 14.5. The lowest BCUT2D eigenvalue weighted by atomic mass is 10.2. The van der Waals surface area contributed by atoms with Gasteiger partial charge in [0.2, 0.25) is 5.91 Å². The number of hydrogen-bond donors (Lipinski definition) is 2. The number of amides is 1. The van der Waals surface area contributed by atoms with Gasteiger partial charge in [0.25, 0.3) is 0 Å². The highest BCUT2D eigenvalue weighted by Gasteiger charge is 2.10. The highest BCUT2D eigenvalue weighted by Crippen LogP contribution is 2.28. The molecule has 0 unspecified atom stereocenters. The number of rotatable bonds is 9. The summed E-state index contributed by atoms with van der Waals surface area (Å²) >= 11 is 0. The van der Waals surface area contributed by atoms with E-state index in [1.54, 1.807) is 32.4 Å². The second-order valence-corrected chi connectivity index (χ2v) is 5.57. The number of ether oxygens (including phenoxy) is 3. The second-order valence-electron chi connectivity index (χ2n) is 5.57. The molecule has 0 aromatic heterocycles. The smallest absolute Gasteiger partial charge is 0.225 e. The first-order chi connectivity index (χ1) is 11.7. The molecule has 0 saturated carbocycles. The number of carbonyl (C=O) groups excluding carboxylic acids is 1. The van der Waals surface area contributed by atoms with Gasteiger partial charge < -0.3 is 24.8 Å². The van der Waals surface area contributed by atoms with Gasteiger partial charge in [0.1, 0.15) is 11.5 Å². The zero-order valence-corrected chi connectivity index (χ0v) is 14.5. The lowest BCUT2D eigenvalue weighted by molar-refractivity contribution is -0.116. The summed E-state index contributed by atoms with van der Waals surface area (Å²) in [6.45, 7) is 6.08. The first-order valence-electron chi connectivity index (χ1n) is 8.25. The summed E-state index contributed by atoms with van der Waals surface area (Å²) in [7, 11) is 3.16. The van der Waals surface area contributed by atoms with Crippen molar-refractivity contribution in [3.63, 3.8) is 0 Å². The number of hydrogen-bond acceptors (Lipinski definition) is 6. The van der Waals surface area contributed by atoms with Crippen molar-refractivity contribution < 1.29 is 19.0 Å². The van der Waals surface area contributed by atoms with Gasteiger partial charge in [0, 0.05) is 45.2 Å². The maximum Gasteiger partial charge on any atom is 0.225 e. The van der Waals surface area contributed by atoms with E-state index in [1.807, 2.05) is 0 Å². The average molecular weight is 337 g/mol. The van der Waals surface area contributed by atoms with Gasteiger partial charge in [-0.05, 0) is 12.1 Å². The summed E-state index contributed by atoms with van der Waals surface area (Å²) < 4.78 is 15.7. The lowest BCUT2D eigenvalue weighted by Gasteiger charge is -2.26. The fourth-order valence-electron chi connectivity index (χ4n) is 2.51. The molecule has 1 saturated heterocycles. The van der Waals surface area contributed by atoms with Gasteiger partial charge >= 0.3 is 0 Å². The molecule has 1 amide bonds. The third kappa shape index (κ3) is 5.99. The van der Waals surface area contributed by atoms with Crippen LogP contribution in [0.2, 0.25) is 0 Å². The predicted molar refractivity (Wildman–Crippen MR) is 92.9 cm³/mol. The Hall–Kier alpha value is -1.83. The Morgan fingerprint density at radius 1 is 1.21 bits per heavy atom. The molecule has 1 fully saturated rings. The van der Waals surface area contributed by atoms with E-state index < -0.39 is 0 Å². The van der Waals surface area contributed by atoms with Crippen LogP contribution in [-0.4, -0.2) is 71.0 Å². The Balaban J connectivity index is 1.67. The molecule has 24 heavy (non-hydrogen) atoms. The summed E-state index contributed by atoms with van der Waals surface area (Å²) in [5.74, 6) is 1.24. The second kappa shape index (κ2) is 10.1. The maximum absolute atomic E-state index is 12.1. The molecule has 2 rings (SSSR count). The van der Waals surface area contributed by atoms with Crippen LogP contribution in [-0.2, 0) is 9.53 Å². The summed E-state index contributed by atoms with van der Waals surface area (Å²) in [4.78, 5) is 14.4. The molecular formula is C17H27N3O4. The summed E-state index contributed by atoms with van der Waals surface area (Å²) in [6, 6.07) is 5.32. The number of methoxy groups -OCH3 is 2. The Labute approximate surface area is 143 Å². The van der Waals surface area contributed by atoms with Crippen LogP contribution in [0.1, 0.15) is 6.42 Å². The highest BCUT2D eigenvalue weighted by molar-refractivity contribution is 5.92. The van der Waals surface area contributed by atoms with Crippen LogP contribution >= 0.6 is 0 Å². The molecule has 7 nitrogen and oxygen atoms in total. The molecule has 0 atom stereocenters. The molecule has 7 heteroatoms. The number of nitrogens with one attached hydrogen (secondary N) is 2. The van der Waals surface area contributed by atoms with Crippen LogP contribution in [0.25, 0.3) is 0 Å². The van der Waals surface area contributed by atoms with E-state index >= 15 is 0 Å². The molecule has 0 aliphatic carbocycles. The summed E-state index contributed by atoms with van der Waals surface area (Å²) in [5, 5.41) is 6.17. The quantitative estimate of drug-likeness (QED) is 0.654. The molecule has 134 valence electrons. The highest BCUT2D eigenvalue weighted by atomic mass is 16.5. The average Bonchev–Trinajstić information content (AvgIpc) is 2.62. The number of nitrogens with zero attached hydrogens (tertiary/aromatic N) is 1. The molecule has 0 spiro atoms. The number of carbonyl (C=O) groups is 1. The lowest BCUT2D eigenvalue weighted by Crippen LogP contribution is -2.40. The number of benzene rings is 1. The molecule has 0 radical (unpaired) electrons. The fraction of sp³-hybridized carbons (Fsp3) is 0.588. The van der Waals surface area contributed by atoms with Crippen molar-refractivity contribution in [2.45, 2.75) is 6.42 Å². The van der Waals surface area contributed by atoms with Gasteiger partial charge in [-0.25, -0.2) is 0 Å². The first-order valence-corrected chi connectivity index (χ1v) is 8.25. The summed E-state index contributed by atoms with van der Waals surface area (Å²) in [6.07, 6.45) is 0.406. The summed E-state index contributed by atoms with van der Waals surface area (Å²) in [5.41, 5.74) is 0.621. The van der Waals surface area contributed by atoms with E-state index in [4.69, 9.17) is 14.2 Å². The van der Waals surface area contributed by atoms with Gasteiger partial charge in [-0.2, -0.15) is 0 Å². The third-order valence-electron chi connectivity index (χ3n) is 3.92. The SMILES string of the molecule is COc1ccc(OC)c(NC(=O)CCNCCN2CCOCC2)c1. The molecule has 1 aromatic rings. The fourth-order valence-corrected chi connectivity index (χ4v) is 2.51. The van der Waals surface area contributed by atoms with Gasteiger partial charge in [-0.3, -0.25) is 9.69 Å². The van der Waals surface area contributed by atoms with Gasteiger partial charge in [0.15, 0.2) is 0 Å². The minimum absolute atomic E-state index is 0.0552. The van der Waals surface area contributed by atoms with Crippen molar-refractivity contribution in [3.05, 3.63) is 18.2 Å². The minimum Gasteiger partial charge on any atom is -0.497 e. The van der Waals surface area contributed by atoms with Crippen molar-refractivity contribution in [1.29, 1.82) is 0 Å². The van der Waals surface area contributed by atoms with Crippen LogP contribution in [0.4, 0.5) is 5.69 Å². The van der Waals surface area contributed by atoms with Crippen LogP contribution in [0, 0.1) is 0 Å². The van der Waals surface area contributed by atoms with Crippen molar-refractivity contribution in [2.75, 3.05) is 65.5 Å². The number of morpholine rings is 1. The van der Waals surface area contributed by atoms with E-state index in [2.05, 4.69) is 15.5 Å². The standard InChI is InChI=1S/C17H27N3O4/c1-22-14-3-4-16(23-2)15(13-14)19-17(21)5-6-18-7-8-20-9-11-24-12-10-20/h3-4,13,18H,5-12H2,1-2H3,(H,19,21). The van der Waals surface area contributed by atoms with E-state index in [1.165, 1.54) is 0 Å². The Kier molecular flexibility index (Phi) is 7.81. The van der Waals surface area contributed by atoms with E-state index in [0.29, 0.717) is 30.2 Å². The van der Waals surface area contributed by atoms with E-state index in [9.17, 15) is 4.79 Å². The number of anilines is 1. The van der Waals surface area contributed by atoms with Gasteiger partial charge in [-0.1, -0.05) is 0 Å². The predicted octanol–water partition coefficient (Wildman–Crippen LogP) is 0.954. The zero-order chi connectivity index (χ0) is 17.2. The van der Waals surface area contributed by atoms with Gasteiger partial charge in [0.05, 0.1) is 33.1 Å². The van der Waals surface area contributed by atoms with Crippen LogP contribution in [0.5, 0.6) is 11.5 Å². The van der Waals surface area contributed by atoms with Crippen molar-refractivity contribution in [1.82, 2.24) is 10.2 Å². The molecule has 2 N–H and O–H groups in total. The molecule has 1 aliphatic heterocycles. The first kappa shape index (κ1) is 18.5. The largest absolute Gasteiger partial charge is 0.497 e. The maximum atomic E-state index is 12.1. The molecule has 1 heterocycles. The topological polar surface area (TPSA) is 72.1 Å². The Morgan fingerprint density at radius 2 is 2.00 bits per heavy atom. The van der Waals surface area contributed by atoms with E-state index in [0.717, 1.165) is 39.4 Å². The van der Waals surface area contributed by atoms with Crippen molar-refractivity contribution in [3.8, 4) is 11.5 Å². The van der Waals surface area contributed by atoms with Gasteiger partial charge in [-0.15, -0.1) is 0 Å². The third-order valence-corrected chi connectivity index (χ3v) is 3.92. The molecule has 0 bridgehead atoms. The molecule has 1 aliphatic rings. The Bertz CT molecular complexity index is 519. The Morgan fingerprint density at radius 3 is 2.71 bits per heavy atom. The van der Waals surface area contributed by atoms with Crippen LogP contribution < -0.4 is 20.1 Å². The monoisotopic (exact) mass is 337 g/mol. The van der Waals surface area contributed by atoms with Crippen molar-refractivity contribution >= 4 is 11.6 Å². The molecular weight excluding hydrogens is 310 g/mol. The molecule has 1 aromatic carbocycles. The van der Waals surface area contributed by atoms with Crippen molar-refractivity contribution in [2.24, 2.45) is 0 Å². The van der Waals surface area contributed by atoms with Crippen LogP contribution in [0.3, 0.4) is 0 Å². The van der Waals surface area contributed by atoms with Crippen LogP contribution in [0.15, 0.2) is 18.2 Å². The minimum atomic E-state index is -0.0552. The van der Waals surface area contributed by atoms with E-state index in [-0.39, 0.29) is 5.91 Å².